The van der Waals surface area contributed by atoms with Crippen LogP contribution in [0, 0.1) is 5.92 Å². The van der Waals surface area contributed by atoms with Crippen LogP contribution in [0.15, 0.2) is 54.7 Å². The zero-order valence-electron chi connectivity index (χ0n) is 19.3. The molecule has 0 unspecified atom stereocenters. The molecule has 0 radical (unpaired) electrons. The second-order valence-electron chi connectivity index (χ2n) is 8.80. The molecule has 0 bridgehead atoms. The molecule has 3 aromatic rings. The van der Waals surface area contributed by atoms with Gasteiger partial charge in [0, 0.05) is 17.2 Å². The van der Waals surface area contributed by atoms with Crippen LogP contribution in [0.4, 0.5) is 0 Å². The largest absolute Gasteiger partial charge is 0.493 e. The fourth-order valence-electron chi connectivity index (χ4n) is 3.35. The maximum atomic E-state index is 10.2. The summed E-state index contributed by atoms with van der Waals surface area (Å²) in [4.78, 5) is 0. The van der Waals surface area contributed by atoms with E-state index in [9.17, 15) is 5.11 Å². The summed E-state index contributed by atoms with van der Waals surface area (Å²) < 4.78 is 13.0. The molecule has 2 atom stereocenters. The van der Waals surface area contributed by atoms with E-state index in [4.69, 9.17) is 26.2 Å². The third kappa shape index (κ3) is 6.93. The summed E-state index contributed by atoms with van der Waals surface area (Å²) in [7, 11) is 0. The smallest absolute Gasteiger partial charge is 0.119 e. The number of alkyl halides is 1. The molecule has 2 N–H and O–H groups in total. The Bertz CT molecular complexity index is 990. The fraction of sp³-hybridized carbons (Fsp3) is 0.440. The van der Waals surface area contributed by atoms with Crippen molar-refractivity contribution in [1.29, 1.82) is 0 Å². The molecule has 8 heteroatoms. The van der Waals surface area contributed by atoms with Gasteiger partial charge in [0.2, 0.25) is 0 Å². The molecule has 7 nitrogen and oxygen atoms in total. The van der Waals surface area contributed by atoms with E-state index in [1.807, 2.05) is 36.4 Å². The normalized spacial score (nSPS) is 13.5. The number of ether oxygens (including phenoxy) is 2. The van der Waals surface area contributed by atoms with Gasteiger partial charge in [-0.25, -0.2) is 4.68 Å². The maximum Gasteiger partial charge on any atom is 0.119 e. The first-order valence-corrected chi connectivity index (χ1v) is 11.6. The lowest BCUT2D eigenvalue weighted by atomic mass is 9.78. The highest BCUT2D eigenvalue weighted by Gasteiger charge is 2.23. The van der Waals surface area contributed by atoms with E-state index in [2.05, 4.69) is 43.2 Å². The minimum Gasteiger partial charge on any atom is -0.493 e. The average Bonchev–Trinajstić information content (AvgIpc) is 3.29. The monoisotopic (exact) mass is 473 g/mol. The Labute approximate surface area is 199 Å². The van der Waals surface area contributed by atoms with Crippen molar-refractivity contribution >= 4 is 11.6 Å². The van der Waals surface area contributed by atoms with Crippen LogP contribution in [0.1, 0.15) is 37.6 Å². The molecule has 3 rings (SSSR count). The Hall–Kier alpha value is -2.61. The lowest BCUT2D eigenvalue weighted by Gasteiger charge is -2.26. The topological polar surface area (TPSA) is 89.6 Å². The van der Waals surface area contributed by atoms with E-state index >= 15 is 0 Å². The number of aliphatic hydroxyl groups is 2. The number of rotatable bonds is 12. The predicted octanol–water partition coefficient (Wildman–Crippen LogP) is 3.79. The van der Waals surface area contributed by atoms with Gasteiger partial charge in [0.25, 0.3) is 0 Å². The van der Waals surface area contributed by atoms with Gasteiger partial charge < -0.3 is 19.7 Å². The van der Waals surface area contributed by atoms with Crippen molar-refractivity contribution in [3.05, 3.63) is 71.5 Å². The molecule has 0 spiro atoms. The first-order valence-electron chi connectivity index (χ1n) is 11.0. The van der Waals surface area contributed by atoms with Gasteiger partial charge >= 0.3 is 0 Å². The molecule has 0 saturated carbocycles. The third-order valence-electron chi connectivity index (χ3n) is 5.54. The fourth-order valence-corrected chi connectivity index (χ4v) is 3.44. The minimum absolute atomic E-state index is 0.126. The van der Waals surface area contributed by atoms with Crippen LogP contribution in [-0.2, 0) is 18.6 Å². The number of aliphatic hydroxyl groups excluding tert-OH is 2. The van der Waals surface area contributed by atoms with E-state index in [0.717, 1.165) is 11.3 Å². The van der Waals surface area contributed by atoms with E-state index in [1.165, 1.54) is 10.2 Å². The van der Waals surface area contributed by atoms with Gasteiger partial charge in [-0.2, -0.15) is 0 Å². The molecule has 0 aliphatic heterocycles. The quantitative estimate of drug-likeness (QED) is 0.389. The van der Waals surface area contributed by atoms with Crippen molar-refractivity contribution in [1.82, 2.24) is 15.0 Å². The number of hydrogen-bond donors (Lipinski definition) is 2. The zero-order valence-corrected chi connectivity index (χ0v) is 20.1. The second-order valence-corrected chi connectivity index (χ2v) is 9.11. The van der Waals surface area contributed by atoms with Crippen LogP contribution in [0.5, 0.6) is 11.5 Å². The Morgan fingerprint density at radius 3 is 2.00 bits per heavy atom. The molecule has 178 valence electrons. The molecule has 0 aliphatic rings. The Morgan fingerprint density at radius 2 is 1.52 bits per heavy atom. The van der Waals surface area contributed by atoms with Crippen LogP contribution < -0.4 is 9.47 Å². The van der Waals surface area contributed by atoms with Gasteiger partial charge in [0.1, 0.15) is 29.9 Å². The summed E-state index contributed by atoms with van der Waals surface area (Å²) in [5.74, 6) is 2.41. The van der Waals surface area contributed by atoms with Crippen molar-refractivity contribution in [2.24, 2.45) is 5.92 Å². The summed E-state index contributed by atoms with van der Waals surface area (Å²) in [5.41, 5.74) is 2.60. The van der Waals surface area contributed by atoms with Gasteiger partial charge in [-0.15, -0.1) is 16.7 Å². The molecule has 2 aromatic carbocycles. The van der Waals surface area contributed by atoms with Gasteiger partial charge in [0.15, 0.2) is 0 Å². The lowest BCUT2D eigenvalue weighted by molar-refractivity contribution is 0.0888. The molecule has 33 heavy (non-hydrogen) atoms. The molecule has 1 aromatic heterocycles. The Kier molecular flexibility index (Phi) is 8.72. The van der Waals surface area contributed by atoms with Gasteiger partial charge in [-0.05, 0) is 35.4 Å². The highest BCUT2D eigenvalue weighted by atomic mass is 35.5. The molecular weight excluding hydrogens is 442 g/mol. The van der Waals surface area contributed by atoms with Gasteiger partial charge in [-0.3, -0.25) is 0 Å². The van der Waals surface area contributed by atoms with Crippen LogP contribution in [0.3, 0.4) is 0 Å². The number of halogens is 1. The van der Waals surface area contributed by atoms with Crippen molar-refractivity contribution in [2.45, 2.75) is 45.4 Å². The van der Waals surface area contributed by atoms with Crippen LogP contribution in [-0.4, -0.2) is 50.4 Å². The molecule has 1 heterocycles. The number of benzene rings is 2. The van der Waals surface area contributed by atoms with Crippen LogP contribution in [0.25, 0.3) is 0 Å². The lowest BCUT2D eigenvalue weighted by Crippen LogP contribution is -2.24. The van der Waals surface area contributed by atoms with E-state index in [-0.39, 0.29) is 25.2 Å². The maximum absolute atomic E-state index is 10.2. The number of aromatic nitrogens is 3. The molecular formula is C25H32ClN3O4. The summed E-state index contributed by atoms with van der Waals surface area (Å²) in [5, 5.41) is 26.9. The third-order valence-corrected chi connectivity index (χ3v) is 6.07. The Balaban J connectivity index is 1.55. The highest BCUT2D eigenvalue weighted by molar-refractivity contribution is 6.18. The molecule has 0 saturated heterocycles. The molecule has 0 fully saturated rings. The molecule has 0 aliphatic carbocycles. The summed E-state index contributed by atoms with van der Waals surface area (Å²) in [6, 6.07) is 16.1. The molecule has 0 amide bonds. The second kappa shape index (κ2) is 11.5. The van der Waals surface area contributed by atoms with E-state index in [0.29, 0.717) is 29.8 Å². The first kappa shape index (κ1) is 25.0. The average molecular weight is 474 g/mol. The summed E-state index contributed by atoms with van der Waals surface area (Å²) in [6.45, 7) is 7.20. The van der Waals surface area contributed by atoms with Crippen molar-refractivity contribution < 1.29 is 19.7 Å². The highest BCUT2D eigenvalue weighted by Crippen LogP contribution is 2.33. The Morgan fingerprint density at radius 1 is 0.970 bits per heavy atom. The summed E-state index contributed by atoms with van der Waals surface area (Å²) >= 11 is 5.84. The van der Waals surface area contributed by atoms with Crippen molar-refractivity contribution in [3.8, 4) is 11.5 Å². The minimum atomic E-state index is -0.748. The zero-order chi connectivity index (χ0) is 23.8. The van der Waals surface area contributed by atoms with Crippen molar-refractivity contribution in [3.63, 3.8) is 0 Å². The van der Waals surface area contributed by atoms with Crippen molar-refractivity contribution in [2.75, 3.05) is 19.1 Å². The van der Waals surface area contributed by atoms with E-state index < -0.39 is 6.10 Å². The van der Waals surface area contributed by atoms with Crippen LogP contribution >= 0.6 is 11.6 Å². The van der Waals surface area contributed by atoms with Gasteiger partial charge in [0.05, 0.1) is 26.0 Å². The summed E-state index contributed by atoms with van der Waals surface area (Å²) in [6.07, 6.45) is 0.849. The standard InChI is InChI=1S/C25H32ClN3O4/c1-18(12-26)16-32-23-8-4-19(5-9-23)25(2,3)20-6-10-24(11-7-20)33-17-22(31)14-29-13-21(15-30)27-28-29/h4-11,13,18,22,30-31H,12,14-17H2,1-3H3/t18-,22-/m0/s1. The number of hydrogen-bond acceptors (Lipinski definition) is 6. The van der Waals surface area contributed by atoms with Crippen LogP contribution in [0.2, 0.25) is 0 Å². The predicted molar refractivity (Wildman–Crippen MR) is 128 cm³/mol. The first-order chi connectivity index (χ1) is 15.8. The van der Waals surface area contributed by atoms with Gasteiger partial charge in [-0.1, -0.05) is 50.3 Å². The number of nitrogens with zero attached hydrogens (tertiary/aromatic N) is 3. The van der Waals surface area contributed by atoms with E-state index in [1.54, 1.807) is 6.20 Å². The SMILES string of the molecule is C[C@@H](CCl)COc1ccc(C(C)(C)c2ccc(OC[C@@H](O)Cn3cc(CO)nn3)cc2)cc1.